The van der Waals surface area contributed by atoms with Gasteiger partial charge in [-0.3, -0.25) is 4.79 Å². The lowest BCUT2D eigenvalue weighted by molar-refractivity contribution is -0.125. The fraction of sp³-hybridized carbons (Fsp3) is 0.381. The lowest BCUT2D eigenvalue weighted by Gasteiger charge is -2.32. The van der Waals surface area contributed by atoms with Gasteiger partial charge in [-0.1, -0.05) is 30.2 Å². The minimum atomic E-state index is -3.64. The van der Waals surface area contributed by atoms with E-state index in [1.54, 1.807) is 42.5 Å². The molecule has 0 bridgehead atoms. The highest BCUT2D eigenvalue weighted by Gasteiger charge is 2.37. The first kappa shape index (κ1) is 19.4. The highest BCUT2D eigenvalue weighted by Crippen LogP contribution is 2.38. The van der Waals surface area contributed by atoms with Crippen molar-refractivity contribution in [1.82, 2.24) is 4.72 Å². The number of hydrogen-bond acceptors (Lipinski definition) is 3. The van der Waals surface area contributed by atoms with Crippen LogP contribution in [-0.4, -0.2) is 20.4 Å². The van der Waals surface area contributed by atoms with Crippen molar-refractivity contribution < 1.29 is 13.2 Å². The average Bonchev–Trinajstić information content (AvgIpc) is 2.94. The first-order valence-corrected chi connectivity index (χ1v) is 11.4. The third-order valence-electron chi connectivity index (χ3n) is 5.65. The topological polar surface area (TPSA) is 66.5 Å². The highest BCUT2D eigenvalue weighted by molar-refractivity contribution is 7.89. The van der Waals surface area contributed by atoms with Gasteiger partial charge in [-0.15, -0.1) is 0 Å². The van der Waals surface area contributed by atoms with Gasteiger partial charge in [-0.05, 0) is 67.6 Å². The molecule has 0 saturated heterocycles. The summed E-state index contributed by atoms with van der Waals surface area (Å²) in [5.74, 6) is 0.298. The van der Waals surface area contributed by atoms with Crippen molar-refractivity contribution in [2.24, 2.45) is 5.92 Å². The molecule has 148 valence electrons. The quantitative estimate of drug-likeness (QED) is 0.800. The van der Waals surface area contributed by atoms with E-state index in [-0.39, 0.29) is 29.3 Å². The molecular weight excluding hydrogens is 396 g/mol. The number of hydrogen-bond donors (Lipinski definition) is 1. The van der Waals surface area contributed by atoms with Crippen LogP contribution in [0, 0.1) is 5.92 Å². The fourth-order valence-corrected chi connectivity index (χ4v) is 5.02. The number of halogens is 1. The molecule has 7 heteroatoms. The lowest BCUT2D eigenvalue weighted by atomic mass is 9.84. The molecule has 0 spiro atoms. The normalized spacial score (nSPS) is 19.4. The molecule has 1 saturated carbocycles. The summed E-state index contributed by atoms with van der Waals surface area (Å²) in [6.45, 7) is 2.21. The number of rotatable bonds is 5. The molecule has 0 radical (unpaired) electrons. The molecule has 4 rings (SSSR count). The predicted octanol–water partition coefficient (Wildman–Crippen LogP) is 3.90. The molecule has 1 N–H and O–H groups in total. The SMILES string of the molecule is C[C@H]1Cc2cc(S(=O)(=O)NCc3ccc(Cl)cc3)ccc2N1C(=O)C1CCC1. The number of sulfonamides is 1. The number of benzene rings is 2. The lowest BCUT2D eigenvalue weighted by Crippen LogP contribution is -2.42. The first-order chi connectivity index (χ1) is 13.3. The van der Waals surface area contributed by atoms with Gasteiger partial charge in [-0.25, -0.2) is 13.1 Å². The van der Waals surface area contributed by atoms with Gasteiger partial charge in [0.1, 0.15) is 0 Å². The van der Waals surface area contributed by atoms with Crippen LogP contribution in [0.2, 0.25) is 5.02 Å². The van der Waals surface area contributed by atoms with E-state index in [9.17, 15) is 13.2 Å². The summed E-state index contributed by atoms with van der Waals surface area (Å²) in [4.78, 5) is 14.8. The Labute approximate surface area is 170 Å². The standard InChI is InChI=1S/C21H23ClN2O3S/c1-14-11-17-12-19(9-10-20(17)24(14)21(25)16-3-2-4-16)28(26,27)23-13-15-5-7-18(22)8-6-15/h5-10,12,14,16,23H,2-4,11,13H2,1H3/t14-/m0/s1. The zero-order chi connectivity index (χ0) is 19.9. The fourth-order valence-electron chi connectivity index (χ4n) is 3.83. The predicted molar refractivity (Wildman–Crippen MR) is 110 cm³/mol. The maximum atomic E-state index is 12.8. The molecule has 0 aromatic heterocycles. The molecule has 2 aromatic carbocycles. The van der Waals surface area contributed by atoms with Gasteiger partial charge in [0, 0.05) is 29.2 Å². The molecule has 1 amide bonds. The van der Waals surface area contributed by atoms with Crippen LogP contribution in [0.15, 0.2) is 47.4 Å². The van der Waals surface area contributed by atoms with E-state index in [2.05, 4.69) is 4.72 Å². The second-order valence-electron chi connectivity index (χ2n) is 7.63. The zero-order valence-electron chi connectivity index (χ0n) is 15.7. The van der Waals surface area contributed by atoms with Gasteiger partial charge in [0.2, 0.25) is 15.9 Å². The Balaban J connectivity index is 1.52. The third-order valence-corrected chi connectivity index (χ3v) is 7.30. The molecule has 1 atom stereocenters. The van der Waals surface area contributed by atoms with Crippen LogP contribution in [0.25, 0.3) is 0 Å². The first-order valence-electron chi connectivity index (χ1n) is 9.55. The summed E-state index contributed by atoms with van der Waals surface area (Å²) in [7, 11) is -3.64. The van der Waals surface area contributed by atoms with Crippen molar-refractivity contribution in [2.45, 2.75) is 50.1 Å². The van der Waals surface area contributed by atoms with Gasteiger partial charge < -0.3 is 4.90 Å². The van der Waals surface area contributed by atoms with Gasteiger partial charge in [0.25, 0.3) is 0 Å². The molecule has 2 aliphatic rings. The Bertz CT molecular complexity index is 1000. The minimum Gasteiger partial charge on any atom is -0.309 e. The van der Waals surface area contributed by atoms with Crippen molar-refractivity contribution in [2.75, 3.05) is 4.90 Å². The summed E-state index contributed by atoms with van der Waals surface area (Å²) in [5, 5.41) is 0.611. The van der Waals surface area contributed by atoms with Crippen LogP contribution >= 0.6 is 11.6 Å². The Kier molecular flexibility index (Phi) is 5.21. The van der Waals surface area contributed by atoms with E-state index in [1.807, 2.05) is 11.8 Å². The summed E-state index contributed by atoms with van der Waals surface area (Å²) < 4.78 is 28.1. The van der Waals surface area contributed by atoms with E-state index in [0.717, 1.165) is 36.1 Å². The van der Waals surface area contributed by atoms with Crippen molar-refractivity contribution in [3.8, 4) is 0 Å². The third kappa shape index (κ3) is 3.69. The van der Waals surface area contributed by atoms with E-state index in [0.29, 0.717) is 11.4 Å². The second-order valence-corrected chi connectivity index (χ2v) is 9.83. The number of nitrogens with one attached hydrogen (secondary N) is 1. The van der Waals surface area contributed by atoms with Crippen LogP contribution in [0.5, 0.6) is 0 Å². The molecule has 2 aromatic rings. The number of fused-ring (bicyclic) bond motifs is 1. The van der Waals surface area contributed by atoms with E-state index in [1.165, 1.54) is 0 Å². The van der Waals surface area contributed by atoms with Gasteiger partial charge in [0.15, 0.2) is 0 Å². The maximum Gasteiger partial charge on any atom is 0.240 e. The maximum absolute atomic E-state index is 12.8. The van der Waals surface area contributed by atoms with Crippen LogP contribution in [0.3, 0.4) is 0 Å². The van der Waals surface area contributed by atoms with Crippen molar-refractivity contribution in [1.29, 1.82) is 0 Å². The number of anilines is 1. The van der Waals surface area contributed by atoms with E-state index < -0.39 is 10.0 Å². The smallest absolute Gasteiger partial charge is 0.240 e. The molecular formula is C21H23ClN2O3S. The minimum absolute atomic E-state index is 0.0584. The molecule has 5 nitrogen and oxygen atoms in total. The van der Waals surface area contributed by atoms with Crippen LogP contribution in [0.4, 0.5) is 5.69 Å². The number of amides is 1. The molecule has 1 heterocycles. The van der Waals surface area contributed by atoms with Crippen molar-refractivity contribution in [3.63, 3.8) is 0 Å². The molecule has 1 fully saturated rings. The van der Waals surface area contributed by atoms with Gasteiger partial charge >= 0.3 is 0 Å². The van der Waals surface area contributed by atoms with Crippen LogP contribution < -0.4 is 9.62 Å². The zero-order valence-corrected chi connectivity index (χ0v) is 17.3. The van der Waals surface area contributed by atoms with Gasteiger partial charge in [0.05, 0.1) is 4.90 Å². The highest BCUT2D eigenvalue weighted by atomic mass is 35.5. The number of carbonyl (C=O) groups excluding carboxylic acids is 1. The Morgan fingerprint density at radius 1 is 1.18 bits per heavy atom. The summed E-state index contributed by atoms with van der Waals surface area (Å²) >= 11 is 5.86. The van der Waals surface area contributed by atoms with E-state index >= 15 is 0 Å². The van der Waals surface area contributed by atoms with Gasteiger partial charge in [-0.2, -0.15) is 0 Å². The largest absolute Gasteiger partial charge is 0.309 e. The average molecular weight is 419 g/mol. The Morgan fingerprint density at radius 3 is 2.54 bits per heavy atom. The Morgan fingerprint density at radius 2 is 1.89 bits per heavy atom. The van der Waals surface area contributed by atoms with Crippen LogP contribution in [-0.2, 0) is 27.8 Å². The summed E-state index contributed by atoms with van der Waals surface area (Å²) in [5.41, 5.74) is 2.59. The van der Waals surface area contributed by atoms with Crippen molar-refractivity contribution in [3.05, 3.63) is 58.6 Å². The molecule has 1 aliphatic heterocycles. The van der Waals surface area contributed by atoms with Crippen LogP contribution in [0.1, 0.15) is 37.3 Å². The monoisotopic (exact) mass is 418 g/mol. The molecule has 1 aliphatic carbocycles. The molecule has 0 unspecified atom stereocenters. The number of nitrogens with zero attached hydrogens (tertiary/aromatic N) is 1. The number of carbonyl (C=O) groups is 1. The summed E-state index contributed by atoms with van der Waals surface area (Å²) in [6.07, 6.45) is 3.70. The Hall–Kier alpha value is -1.89. The second kappa shape index (κ2) is 7.50. The van der Waals surface area contributed by atoms with E-state index in [4.69, 9.17) is 11.6 Å². The molecule has 28 heavy (non-hydrogen) atoms. The van der Waals surface area contributed by atoms with Crippen molar-refractivity contribution >= 4 is 33.2 Å². The summed E-state index contributed by atoms with van der Waals surface area (Å²) in [6, 6.07) is 12.2.